The number of halogens is 1. The van der Waals surface area contributed by atoms with E-state index >= 15 is 0 Å². The Kier molecular flexibility index (Phi) is 6.93. The number of benzene rings is 4. The lowest BCUT2D eigenvalue weighted by atomic mass is 10.1. The highest BCUT2D eigenvalue weighted by molar-refractivity contribution is 6.30. The molecule has 32 heavy (non-hydrogen) atoms. The molecule has 4 aromatic carbocycles. The van der Waals surface area contributed by atoms with E-state index in [1.165, 1.54) is 0 Å². The lowest BCUT2D eigenvalue weighted by molar-refractivity contribution is 0.0950. The standard InChI is InChI=1S/C27H24ClNO3/c1-2-31-25-15-12-21(27(30)29-17-19-10-13-23(28)14-11-19)16-22(25)18-32-26-9-5-7-20-6-3-4-8-24(20)26/h3-16H,2,17-18H2,1H3,(H,29,30). The summed E-state index contributed by atoms with van der Waals surface area (Å²) in [6.07, 6.45) is 0. The van der Waals surface area contributed by atoms with Gasteiger partial charge in [0.25, 0.3) is 5.91 Å². The monoisotopic (exact) mass is 445 g/mol. The molecule has 0 spiro atoms. The number of fused-ring (bicyclic) bond motifs is 1. The lowest BCUT2D eigenvalue weighted by Crippen LogP contribution is -2.23. The molecule has 1 N–H and O–H groups in total. The van der Waals surface area contributed by atoms with Crippen LogP contribution in [0.2, 0.25) is 5.02 Å². The summed E-state index contributed by atoms with van der Waals surface area (Å²) >= 11 is 5.92. The van der Waals surface area contributed by atoms with Crippen LogP contribution >= 0.6 is 11.6 Å². The van der Waals surface area contributed by atoms with Gasteiger partial charge in [-0.1, -0.05) is 60.1 Å². The smallest absolute Gasteiger partial charge is 0.251 e. The molecule has 1 amide bonds. The van der Waals surface area contributed by atoms with Gasteiger partial charge >= 0.3 is 0 Å². The van der Waals surface area contributed by atoms with Crippen molar-refractivity contribution in [3.63, 3.8) is 0 Å². The minimum atomic E-state index is -0.158. The van der Waals surface area contributed by atoms with Gasteiger partial charge in [-0.3, -0.25) is 4.79 Å². The largest absolute Gasteiger partial charge is 0.493 e. The maximum Gasteiger partial charge on any atom is 0.251 e. The topological polar surface area (TPSA) is 47.6 Å². The average molecular weight is 446 g/mol. The molecule has 0 heterocycles. The molecule has 4 rings (SSSR count). The van der Waals surface area contributed by atoms with Crippen molar-refractivity contribution in [3.05, 3.63) is 107 Å². The second kappa shape index (κ2) is 10.2. The average Bonchev–Trinajstić information content (AvgIpc) is 2.83. The Bertz CT molecular complexity index is 1220. The minimum absolute atomic E-state index is 0.158. The first kappa shape index (κ1) is 21.7. The van der Waals surface area contributed by atoms with Gasteiger partial charge in [0.1, 0.15) is 18.1 Å². The van der Waals surface area contributed by atoms with Crippen molar-refractivity contribution >= 4 is 28.3 Å². The molecular weight excluding hydrogens is 422 g/mol. The lowest BCUT2D eigenvalue weighted by Gasteiger charge is -2.14. The first-order valence-electron chi connectivity index (χ1n) is 10.5. The van der Waals surface area contributed by atoms with Crippen LogP contribution in [0.3, 0.4) is 0 Å². The van der Waals surface area contributed by atoms with Crippen molar-refractivity contribution in [2.75, 3.05) is 6.61 Å². The summed E-state index contributed by atoms with van der Waals surface area (Å²) < 4.78 is 11.9. The third kappa shape index (κ3) is 5.21. The van der Waals surface area contributed by atoms with E-state index in [0.717, 1.165) is 27.6 Å². The zero-order valence-corrected chi connectivity index (χ0v) is 18.6. The van der Waals surface area contributed by atoms with Gasteiger partial charge in [-0.05, 0) is 54.3 Å². The molecule has 0 atom stereocenters. The van der Waals surface area contributed by atoms with Crippen molar-refractivity contribution < 1.29 is 14.3 Å². The number of carbonyl (C=O) groups excluding carboxylic acids is 1. The van der Waals surface area contributed by atoms with Crippen molar-refractivity contribution in [2.24, 2.45) is 0 Å². The number of nitrogens with one attached hydrogen (secondary N) is 1. The fourth-order valence-corrected chi connectivity index (χ4v) is 3.62. The normalized spacial score (nSPS) is 10.7. The molecule has 0 unspecified atom stereocenters. The van der Waals surface area contributed by atoms with Gasteiger partial charge in [0.15, 0.2) is 0 Å². The molecular formula is C27H24ClNO3. The molecule has 5 heteroatoms. The van der Waals surface area contributed by atoms with Gasteiger partial charge in [0, 0.05) is 28.1 Å². The van der Waals surface area contributed by atoms with Crippen LogP contribution in [0.4, 0.5) is 0 Å². The van der Waals surface area contributed by atoms with E-state index in [4.69, 9.17) is 21.1 Å². The maximum atomic E-state index is 12.7. The van der Waals surface area contributed by atoms with Crippen molar-refractivity contribution in [1.29, 1.82) is 0 Å². The Morgan fingerprint density at radius 1 is 0.875 bits per heavy atom. The van der Waals surface area contributed by atoms with E-state index in [1.54, 1.807) is 6.07 Å². The van der Waals surface area contributed by atoms with E-state index in [9.17, 15) is 4.79 Å². The van der Waals surface area contributed by atoms with Gasteiger partial charge in [0.2, 0.25) is 0 Å². The van der Waals surface area contributed by atoms with Crippen molar-refractivity contribution in [2.45, 2.75) is 20.1 Å². The molecule has 0 fully saturated rings. The Morgan fingerprint density at radius 2 is 1.66 bits per heavy atom. The zero-order valence-electron chi connectivity index (χ0n) is 17.8. The quantitative estimate of drug-likeness (QED) is 0.341. The highest BCUT2D eigenvalue weighted by Gasteiger charge is 2.12. The third-order valence-corrected chi connectivity index (χ3v) is 5.37. The van der Waals surface area contributed by atoms with Crippen LogP contribution in [0.1, 0.15) is 28.4 Å². The van der Waals surface area contributed by atoms with Gasteiger partial charge in [-0.25, -0.2) is 0 Å². The third-order valence-electron chi connectivity index (χ3n) is 5.12. The number of carbonyl (C=O) groups is 1. The maximum absolute atomic E-state index is 12.7. The fraction of sp³-hybridized carbons (Fsp3) is 0.148. The number of ether oxygens (including phenoxy) is 2. The van der Waals surface area contributed by atoms with E-state index < -0.39 is 0 Å². The Balaban J connectivity index is 1.50. The Morgan fingerprint density at radius 3 is 2.47 bits per heavy atom. The summed E-state index contributed by atoms with van der Waals surface area (Å²) in [6, 6.07) is 26.9. The summed E-state index contributed by atoms with van der Waals surface area (Å²) in [4.78, 5) is 12.7. The highest BCUT2D eigenvalue weighted by atomic mass is 35.5. The number of hydrogen-bond donors (Lipinski definition) is 1. The SMILES string of the molecule is CCOc1ccc(C(=O)NCc2ccc(Cl)cc2)cc1COc1cccc2ccccc12. The number of rotatable bonds is 8. The number of amides is 1. The molecule has 0 aliphatic rings. The van der Waals surface area contributed by atoms with Crippen LogP contribution in [0.5, 0.6) is 11.5 Å². The minimum Gasteiger partial charge on any atom is -0.493 e. The molecule has 0 saturated carbocycles. The van der Waals surface area contributed by atoms with Crippen LogP contribution in [0.25, 0.3) is 10.8 Å². The molecule has 0 radical (unpaired) electrons. The van der Waals surface area contributed by atoms with E-state index in [2.05, 4.69) is 17.4 Å². The first-order valence-corrected chi connectivity index (χ1v) is 10.9. The van der Waals surface area contributed by atoms with Crippen LogP contribution in [0.15, 0.2) is 84.9 Å². The van der Waals surface area contributed by atoms with E-state index in [1.807, 2.05) is 73.7 Å². The highest BCUT2D eigenvalue weighted by Crippen LogP contribution is 2.28. The molecule has 0 saturated heterocycles. The first-order chi connectivity index (χ1) is 15.6. The summed E-state index contributed by atoms with van der Waals surface area (Å²) in [7, 11) is 0. The van der Waals surface area contributed by atoms with Crippen LogP contribution in [-0.2, 0) is 13.2 Å². The molecule has 4 nitrogen and oxygen atoms in total. The molecule has 4 aromatic rings. The molecule has 0 aromatic heterocycles. The van der Waals surface area contributed by atoms with E-state index in [0.29, 0.717) is 36.1 Å². The predicted molar refractivity (Wildman–Crippen MR) is 129 cm³/mol. The number of hydrogen-bond acceptors (Lipinski definition) is 3. The Labute approximate surface area is 192 Å². The fourth-order valence-electron chi connectivity index (χ4n) is 3.49. The summed E-state index contributed by atoms with van der Waals surface area (Å²) in [5.41, 5.74) is 2.35. The summed E-state index contributed by atoms with van der Waals surface area (Å²) in [6.45, 7) is 3.18. The van der Waals surface area contributed by atoms with E-state index in [-0.39, 0.29) is 5.91 Å². The van der Waals surface area contributed by atoms with Gasteiger partial charge in [0.05, 0.1) is 6.61 Å². The second-order valence-corrected chi connectivity index (χ2v) is 7.77. The summed E-state index contributed by atoms with van der Waals surface area (Å²) in [5.74, 6) is 1.35. The van der Waals surface area contributed by atoms with Crippen LogP contribution < -0.4 is 14.8 Å². The van der Waals surface area contributed by atoms with Crippen molar-refractivity contribution in [1.82, 2.24) is 5.32 Å². The summed E-state index contributed by atoms with van der Waals surface area (Å²) in [5, 5.41) is 5.78. The Hall–Kier alpha value is -3.50. The van der Waals surface area contributed by atoms with Gasteiger partial charge in [-0.15, -0.1) is 0 Å². The molecule has 0 bridgehead atoms. The zero-order chi connectivity index (χ0) is 22.3. The second-order valence-electron chi connectivity index (χ2n) is 7.33. The van der Waals surface area contributed by atoms with Crippen molar-refractivity contribution in [3.8, 4) is 11.5 Å². The molecule has 0 aliphatic carbocycles. The van der Waals surface area contributed by atoms with Gasteiger partial charge in [-0.2, -0.15) is 0 Å². The molecule has 162 valence electrons. The van der Waals surface area contributed by atoms with Gasteiger partial charge < -0.3 is 14.8 Å². The molecule has 0 aliphatic heterocycles. The predicted octanol–water partition coefficient (Wildman–Crippen LogP) is 6.40. The van der Waals surface area contributed by atoms with Crippen LogP contribution in [0, 0.1) is 0 Å². The van der Waals surface area contributed by atoms with Crippen LogP contribution in [-0.4, -0.2) is 12.5 Å².